The molecule has 3 unspecified atom stereocenters. The van der Waals surface area contributed by atoms with Gasteiger partial charge in [0.25, 0.3) is 0 Å². The molecule has 2 aromatic rings. The Hall–Kier alpha value is -3.05. The lowest BCUT2D eigenvalue weighted by Crippen LogP contribution is -2.40. The number of hydrogen-bond acceptors (Lipinski definition) is 5. The molecule has 0 N–H and O–H groups in total. The summed E-state index contributed by atoms with van der Waals surface area (Å²) in [7, 11) is 1.55. The van der Waals surface area contributed by atoms with Crippen LogP contribution in [0, 0.1) is 29.5 Å². The summed E-state index contributed by atoms with van der Waals surface area (Å²) in [4.78, 5) is 27.1. The SMILES string of the molecule is CC1N=CSC2(C(=O)N(C)c3cc(/C=C(\F)c4cnc(C#CC5CC5)cn4)ccc3F)CC12. The lowest BCUT2D eigenvalue weighted by molar-refractivity contribution is -0.118. The predicted molar refractivity (Wildman–Crippen MR) is 127 cm³/mol. The van der Waals surface area contributed by atoms with Crippen LogP contribution in [0.15, 0.2) is 35.6 Å². The summed E-state index contributed by atoms with van der Waals surface area (Å²) in [6, 6.07) is 4.24. The number of aliphatic imine (C=N–C) groups is 1. The first kappa shape index (κ1) is 21.8. The van der Waals surface area contributed by atoms with Gasteiger partial charge in [-0.05, 0) is 55.9 Å². The molecule has 33 heavy (non-hydrogen) atoms. The standard InChI is InChI=1S/C25H22F2N4OS/c1-15-19-11-25(19,33-14-30-15)24(32)31(2)23-10-17(6-8-20(23)26)9-21(27)22-13-28-18(12-29-22)7-5-16-3-4-16/h6,8-10,12-16,19H,3-4,11H2,1-2H3/b21-9-. The zero-order valence-electron chi connectivity index (χ0n) is 18.3. The van der Waals surface area contributed by atoms with Crippen LogP contribution < -0.4 is 4.90 Å². The third-order valence-electron chi connectivity index (χ3n) is 6.27. The van der Waals surface area contributed by atoms with Crippen molar-refractivity contribution < 1.29 is 13.6 Å². The second kappa shape index (κ2) is 8.38. The average Bonchev–Trinajstić information content (AvgIpc) is 3.73. The van der Waals surface area contributed by atoms with Gasteiger partial charge in [0.2, 0.25) is 5.91 Å². The maximum Gasteiger partial charge on any atom is 0.243 e. The molecule has 2 aliphatic carbocycles. The van der Waals surface area contributed by atoms with E-state index in [0.717, 1.165) is 19.3 Å². The number of thioether (sulfide) groups is 1. The Morgan fingerprint density at radius 2 is 2.12 bits per heavy atom. The van der Waals surface area contributed by atoms with Gasteiger partial charge in [-0.25, -0.2) is 18.7 Å². The van der Waals surface area contributed by atoms with Gasteiger partial charge < -0.3 is 4.90 Å². The highest BCUT2D eigenvalue weighted by Crippen LogP contribution is 2.59. The third-order valence-corrected chi connectivity index (χ3v) is 7.56. The van der Waals surface area contributed by atoms with Gasteiger partial charge >= 0.3 is 0 Å². The summed E-state index contributed by atoms with van der Waals surface area (Å²) < 4.78 is 28.8. The van der Waals surface area contributed by atoms with Crippen LogP contribution in [-0.2, 0) is 4.79 Å². The first-order chi connectivity index (χ1) is 15.9. The Labute approximate surface area is 195 Å². The van der Waals surface area contributed by atoms with Gasteiger partial charge in [-0.1, -0.05) is 23.7 Å². The lowest BCUT2D eigenvalue weighted by atomic mass is 10.1. The van der Waals surface area contributed by atoms with Crippen LogP contribution in [0.25, 0.3) is 11.9 Å². The molecule has 0 bridgehead atoms. The maximum absolute atomic E-state index is 14.8. The summed E-state index contributed by atoms with van der Waals surface area (Å²) in [5.41, 5.74) is 2.80. The minimum Gasteiger partial charge on any atom is -0.312 e. The molecular formula is C25H22F2N4OS. The van der Waals surface area contributed by atoms with Gasteiger partial charge in [-0.3, -0.25) is 9.79 Å². The zero-order valence-corrected chi connectivity index (χ0v) is 19.1. The number of carbonyl (C=O) groups excluding carboxylic acids is 1. The number of nitrogens with zero attached hydrogens (tertiary/aromatic N) is 4. The van der Waals surface area contributed by atoms with E-state index in [2.05, 4.69) is 26.8 Å². The number of aromatic nitrogens is 2. The molecule has 1 aromatic carbocycles. The predicted octanol–water partition coefficient (Wildman–Crippen LogP) is 4.73. The number of anilines is 1. The van der Waals surface area contributed by atoms with Gasteiger partial charge in [0.15, 0.2) is 5.83 Å². The van der Waals surface area contributed by atoms with Crippen molar-refractivity contribution in [2.75, 3.05) is 11.9 Å². The fraction of sp³-hybridized carbons (Fsp3) is 0.360. The van der Waals surface area contributed by atoms with E-state index in [0.29, 0.717) is 17.2 Å². The van der Waals surface area contributed by atoms with Gasteiger partial charge in [-0.15, -0.1) is 0 Å². The summed E-state index contributed by atoms with van der Waals surface area (Å²) in [5, 5.41) is 0. The van der Waals surface area contributed by atoms with E-state index in [1.807, 2.05) is 6.92 Å². The molecule has 1 aliphatic heterocycles. The molecule has 5 rings (SSSR count). The van der Waals surface area contributed by atoms with E-state index in [9.17, 15) is 13.6 Å². The van der Waals surface area contributed by atoms with Crippen molar-refractivity contribution in [2.45, 2.75) is 37.0 Å². The van der Waals surface area contributed by atoms with Gasteiger partial charge in [0, 0.05) is 18.9 Å². The van der Waals surface area contributed by atoms with Crippen LogP contribution in [-0.4, -0.2) is 39.3 Å². The maximum atomic E-state index is 14.8. The Bertz CT molecular complexity index is 1230. The number of carbonyl (C=O) groups is 1. The number of fused-ring (bicyclic) bond motifs is 1. The first-order valence-corrected chi connectivity index (χ1v) is 11.7. The van der Waals surface area contributed by atoms with Gasteiger partial charge in [0.05, 0.1) is 29.7 Å². The average molecular weight is 465 g/mol. The number of benzene rings is 1. The first-order valence-electron chi connectivity index (χ1n) is 10.9. The largest absolute Gasteiger partial charge is 0.312 e. The van der Waals surface area contributed by atoms with E-state index >= 15 is 0 Å². The normalized spacial score (nSPS) is 25.6. The van der Waals surface area contributed by atoms with E-state index in [1.54, 1.807) is 12.6 Å². The van der Waals surface area contributed by atoms with Crippen molar-refractivity contribution in [3.05, 3.63) is 53.4 Å². The highest BCUT2D eigenvalue weighted by Gasteiger charge is 2.64. The molecule has 8 heteroatoms. The quantitative estimate of drug-likeness (QED) is 0.614. The number of hydrogen-bond donors (Lipinski definition) is 0. The van der Waals surface area contributed by atoms with E-state index in [1.165, 1.54) is 53.3 Å². The number of rotatable bonds is 4. The molecule has 2 saturated carbocycles. The van der Waals surface area contributed by atoms with Gasteiger partial charge in [-0.2, -0.15) is 0 Å². The monoisotopic (exact) mass is 464 g/mol. The highest BCUT2D eigenvalue weighted by atomic mass is 32.2. The Morgan fingerprint density at radius 3 is 2.85 bits per heavy atom. The lowest BCUT2D eigenvalue weighted by Gasteiger charge is -2.26. The van der Waals surface area contributed by atoms with Crippen molar-refractivity contribution in [3.63, 3.8) is 0 Å². The molecule has 0 spiro atoms. The van der Waals surface area contributed by atoms with Crippen molar-refractivity contribution in [3.8, 4) is 11.8 Å². The second-order valence-corrected chi connectivity index (χ2v) is 9.89. The molecule has 3 aliphatic rings. The van der Waals surface area contributed by atoms with Crippen molar-refractivity contribution in [1.82, 2.24) is 9.97 Å². The minimum absolute atomic E-state index is 0.0638. The molecule has 0 saturated heterocycles. The smallest absolute Gasteiger partial charge is 0.243 e. The fourth-order valence-electron chi connectivity index (χ4n) is 3.99. The second-order valence-electron chi connectivity index (χ2n) is 8.71. The molecule has 1 amide bonds. The molecule has 0 radical (unpaired) electrons. The summed E-state index contributed by atoms with van der Waals surface area (Å²) in [6.45, 7) is 1.99. The minimum atomic E-state index is -0.607. The number of amides is 1. The molecule has 2 fully saturated rings. The van der Waals surface area contributed by atoms with Crippen LogP contribution in [0.5, 0.6) is 0 Å². The van der Waals surface area contributed by atoms with Crippen molar-refractivity contribution >= 4 is 40.8 Å². The Morgan fingerprint density at radius 1 is 1.30 bits per heavy atom. The number of halogens is 2. The fourth-order valence-corrected chi connectivity index (χ4v) is 5.32. The van der Waals surface area contributed by atoms with Gasteiger partial charge in [0.1, 0.15) is 22.0 Å². The van der Waals surface area contributed by atoms with Crippen LogP contribution in [0.1, 0.15) is 43.1 Å². The Balaban J connectivity index is 1.35. The van der Waals surface area contributed by atoms with E-state index < -0.39 is 16.4 Å². The molecule has 2 heterocycles. The van der Waals surface area contributed by atoms with E-state index in [-0.39, 0.29) is 29.2 Å². The van der Waals surface area contributed by atoms with E-state index in [4.69, 9.17) is 0 Å². The summed E-state index contributed by atoms with van der Waals surface area (Å²) in [5.74, 6) is 5.31. The molecule has 3 atom stereocenters. The third kappa shape index (κ3) is 4.30. The van der Waals surface area contributed by atoms with Crippen molar-refractivity contribution in [1.29, 1.82) is 0 Å². The Kier molecular flexibility index (Phi) is 5.53. The van der Waals surface area contributed by atoms with Crippen LogP contribution in [0.2, 0.25) is 0 Å². The summed E-state index contributed by atoms with van der Waals surface area (Å²) >= 11 is 1.40. The van der Waals surface area contributed by atoms with Crippen LogP contribution in [0.3, 0.4) is 0 Å². The molecular weight excluding hydrogens is 442 g/mol. The zero-order chi connectivity index (χ0) is 23.2. The highest BCUT2D eigenvalue weighted by molar-refractivity contribution is 8.14. The molecule has 5 nitrogen and oxygen atoms in total. The van der Waals surface area contributed by atoms with Crippen LogP contribution in [0.4, 0.5) is 14.5 Å². The molecule has 1 aromatic heterocycles. The summed E-state index contributed by atoms with van der Waals surface area (Å²) in [6.07, 6.45) is 6.98. The van der Waals surface area contributed by atoms with Crippen LogP contribution >= 0.6 is 11.8 Å². The molecule has 168 valence electrons. The van der Waals surface area contributed by atoms with Crippen molar-refractivity contribution in [2.24, 2.45) is 16.8 Å². The topological polar surface area (TPSA) is 58.5 Å².